The number of aromatic nitrogens is 2. The van der Waals surface area contributed by atoms with Gasteiger partial charge in [0, 0.05) is 11.8 Å². The topological polar surface area (TPSA) is 34.9 Å². The first-order valence-corrected chi connectivity index (χ1v) is 7.55. The van der Waals surface area contributed by atoms with E-state index in [0.717, 1.165) is 34.7 Å². The molecule has 0 amide bonds. The maximum Gasteiger partial charge on any atom is 0.262 e. The van der Waals surface area contributed by atoms with E-state index in [1.807, 2.05) is 41.8 Å². The minimum atomic E-state index is 0.107. The molecule has 0 spiro atoms. The molecule has 19 heavy (non-hydrogen) atoms. The highest BCUT2D eigenvalue weighted by atomic mass is 32.2. The minimum absolute atomic E-state index is 0.107. The molecular formula is C15H16N2OS. The summed E-state index contributed by atoms with van der Waals surface area (Å²) in [7, 11) is 0. The summed E-state index contributed by atoms with van der Waals surface area (Å²) in [6.45, 7) is 2.00. The Morgan fingerprint density at radius 3 is 2.95 bits per heavy atom. The van der Waals surface area contributed by atoms with Crippen LogP contribution >= 0.6 is 11.8 Å². The van der Waals surface area contributed by atoms with E-state index in [9.17, 15) is 4.79 Å². The van der Waals surface area contributed by atoms with Crippen molar-refractivity contribution >= 4 is 22.7 Å². The van der Waals surface area contributed by atoms with Gasteiger partial charge >= 0.3 is 0 Å². The van der Waals surface area contributed by atoms with Gasteiger partial charge in [0.25, 0.3) is 5.56 Å². The lowest BCUT2D eigenvalue weighted by Gasteiger charge is -2.11. The number of fused-ring (bicyclic) bond motifs is 1. The van der Waals surface area contributed by atoms with Gasteiger partial charge in [-0.2, -0.15) is 0 Å². The molecule has 1 aliphatic rings. The van der Waals surface area contributed by atoms with E-state index in [4.69, 9.17) is 0 Å². The first kappa shape index (κ1) is 12.5. The summed E-state index contributed by atoms with van der Waals surface area (Å²) < 4.78 is 1.89. The molecule has 3 rings (SSSR count). The van der Waals surface area contributed by atoms with E-state index in [-0.39, 0.29) is 5.56 Å². The van der Waals surface area contributed by atoms with Gasteiger partial charge in [0.2, 0.25) is 0 Å². The zero-order valence-electron chi connectivity index (χ0n) is 10.9. The van der Waals surface area contributed by atoms with E-state index < -0.39 is 0 Å². The van der Waals surface area contributed by atoms with Crippen LogP contribution in [0.25, 0.3) is 10.9 Å². The lowest BCUT2D eigenvalue weighted by molar-refractivity contribution is 0.618. The molecule has 0 saturated heterocycles. The van der Waals surface area contributed by atoms with Gasteiger partial charge in [-0.3, -0.25) is 9.36 Å². The highest BCUT2D eigenvalue weighted by Gasteiger charge is 2.28. The summed E-state index contributed by atoms with van der Waals surface area (Å²) in [5.41, 5.74) is 0.906. The van der Waals surface area contributed by atoms with Crippen LogP contribution in [0.15, 0.2) is 46.4 Å². The molecular weight excluding hydrogens is 256 g/mol. The highest BCUT2D eigenvalue weighted by Crippen LogP contribution is 2.36. The molecule has 3 nitrogen and oxygen atoms in total. The van der Waals surface area contributed by atoms with Crippen LogP contribution in [0.4, 0.5) is 0 Å². The Morgan fingerprint density at radius 2 is 2.21 bits per heavy atom. The number of thioether (sulfide) groups is 1. The third-order valence-electron chi connectivity index (χ3n) is 3.23. The molecule has 1 aliphatic carbocycles. The zero-order chi connectivity index (χ0) is 13.2. The van der Waals surface area contributed by atoms with Crippen LogP contribution in [0.5, 0.6) is 0 Å². The van der Waals surface area contributed by atoms with Crippen LogP contribution in [0.1, 0.15) is 25.8 Å². The first-order valence-electron chi connectivity index (χ1n) is 6.56. The maximum absolute atomic E-state index is 12.6. The third kappa shape index (κ3) is 2.45. The average Bonchev–Trinajstić information content (AvgIpc) is 3.24. The van der Waals surface area contributed by atoms with Crippen molar-refractivity contribution in [1.82, 2.24) is 9.55 Å². The van der Waals surface area contributed by atoms with Crippen molar-refractivity contribution in [3.63, 3.8) is 0 Å². The summed E-state index contributed by atoms with van der Waals surface area (Å²) in [5, 5.41) is 1.58. The molecule has 1 aromatic heterocycles. The van der Waals surface area contributed by atoms with Crippen molar-refractivity contribution in [2.75, 3.05) is 5.75 Å². The van der Waals surface area contributed by atoms with E-state index in [1.165, 1.54) is 0 Å². The van der Waals surface area contributed by atoms with Gasteiger partial charge in [-0.15, -0.1) is 0 Å². The van der Waals surface area contributed by atoms with Gasteiger partial charge in [-0.1, -0.05) is 36.0 Å². The van der Waals surface area contributed by atoms with E-state index in [0.29, 0.717) is 6.04 Å². The second kappa shape index (κ2) is 5.21. The summed E-state index contributed by atoms with van der Waals surface area (Å²) >= 11 is 1.63. The first-order chi connectivity index (χ1) is 9.31. The van der Waals surface area contributed by atoms with Crippen molar-refractivity contribution in [3.05, 3.63) is 46.8 Å². The Bertz CT molecular complexity index is 686. The molecule has 2 aromatic rings. The molecule has 0 aliphatic heterocycles. The van der Waals surface area contributed by atoms with Crippen LogP contribution in [0.3, 0.4) is 0 Å². The van der Waals surface area contributed by atoms with Crippen LogP contribution < -0.4 is 5.56 Å². The number of para-hydroxylation sites is 1. The minimum Gasteiger partial charge on any atom is -0.284 e. The van der Waals surface area contributed by atoms with Gasteiger partial charge in [-0.05, 0) is 31.9 Å². The van der Waals surface area contributed by atoms with E-state index in [2.05, 4.69) is 11.1 Å². The van der Waals surface area contributed by atoms with Crippen molar-refractivity contribution in [1.29, 1.82) is 0 Å². The lowest BCUT2D eigenvalue weighted by atomic mass is 10.2. The summed E-state index contributed by atoms with van der Waals surface area (Å²) in [4.78, 5) is 17.2. The van der Waals surface area contributed by atoms with Gasteiger partial charge < -0.3 is 0 Å². The smallest absolute Gasteiger partial charge is 0.262 e. The quantitative estimate of drug-likeness (QED) is 0.486. The molecule has 4 heteroatoms. The van der Waals surface area contributed by atoms with Crippen LogP contribution in [0.2, 0.25) is 0 Å². The van der Waals surface area contributed by atoms with Crippen molar-refractivity contribution in [2.24, 2.45) is 0 Å². The van der Waals surface area contributed by atoms with Crippen LogP contribution in [-0.4, -0.2) is 15.3 Å². The predicted octanol–water partition coefficient (Wildman–Crippen LogP) is 3.40. The Kier molecular flexibility index (Phi) is 3.42. The molecule has 1 heterocycles. The predicted molar refractivity (Wildman–Crippen MR) is 79.8 cm³/mol. The molecule has 0 N–H and O–H groups in total. The van der Waals surface area contributed by atoms with Crippen molar-refractivity contribution < 1.29 is 0 Å². The normalized spacial score (nSPS) is 15.4. The Hall–Kier alpha value is -1.55. The largest absolute Gasteiger partial charge is 0.284 e. The van der Waals surface area contributed by atoms with Gasteiger partial charge in [0.1, 0.15) is 0 Å². The molecule has 0 radical (unpaired) electrons. The Balaban J connectivity index is 2.12. The fourth-order valence-electron chi connectivity index (χ4n) is 2.10. The van der Waals surface area contributed by atoms with Gasteiger partial charge in [0.15, 0.2) is 5.16 Å². The molecule has 0 bridgehead atoms. The standard InChI is InChI=1S/C15H16N2OS/c1-2-3-10-19-15-16-13-7-5-4-6-12(13)14(18)17(15)11-8-9-11/h2-7,11H,8-10H2,1H3. The van der Waals surface area contributed by atoms with Crippen LogP contribution in [0, 0.1) is 0 Å². The lowest BCUT2D eigenvalue weighted by Crippen LogP contribution is -2.22. The number of hydrogen-bond donors (Lipinski definition) is 0. The zero-order valence-corrected chi connectivity index (χ0v) is 11.7. The molecule has 1 saturated carbocycles. The number of nitrogens with zero attached hydrogens (tertiary/aromatic N) is 2. The Labute approximate surface area is 116 Å². The Morgan fingerprint density at radius 1 is 1.42 bits per heavy atom. The fraction of sp³-hybridized carbons (Fsp3) is 0.333. The molecule has 1 aromatic carbocycles. The maximum atomic E-state index is 12.6. The molecule has 0 unspecified atom stereocenters. The van der Waals surface area contributed by atoms with E-state index >= 15 is 0 Å². The highest BCUT2D eigenvalue weighted by molar-refractivity contribution is 7.99. The number of hydrogen-bond acceptors (Lipinski definition) is 3. The second-order valence-corrected chi connectivity index (χ2v) is 5.69. The van der Waals surface area contributed by atoms with Crippen molar-refractivity contribution in [2.45, 2.75) is 31.0 Å². The monoisotopic (exact) mass is 272 g/mol. The SMILES string of the molecule is CC=CCSc1nc2ccccc2c(=O)n1C1CC1. The van der Waals surface area contributed by atoms with Gasteiger partial charge in [-0.25, -0.2) is 4.98 Å². The van der Waals surface area contributed by atoms with Crippen LogP contribution in [-0.2, 0) is 0 Å². The van der Waals surface area contributed by atoms with Crippen molar-refractivity contribution in [3.8, 4) is 0 Å². The average molecular weight is 272 g/mol. The molecule has 98 valence electrons. The summed E-state index contributed by atoms with van der Waals surface area (Å²) in [6, 6.07) is 7.96. The molecule has 1 fully saturated rings. The van der Waals surface area contributed by atoms with E-state index in [1.54, 1.807) is 11.8 Å². The second-order valence-electron chi connectivity index (χ2n) is 4.70. The number of allylic oxidation sites excluding steroid dienone is 1. The third-order valence-corrected chi connectivity index (χ3v) is 4.14. The number of benzene rings is 1. The van der Waals surface area contributed by atoms with Gasteiger partial charge in [0.05, 0.1) is 10.9 Å². The summed E-state index contributed by atoms with van der Waals surface area (Å²) in [6.07, 6.45) is 6.30. The summed E-state index contributed by atoms with van der Waals surface area (Å²) in [5.74, 6) is 0.855. The number of rotatable bonds is 4. The molecule has 0 atom stereocenters. The fourth-order valence-corrected chi connectivity index (χ4v) is 3.07.